The van der Waals surface area contributed by atoms with Gasteiger partial charge < -0.3 is 14.8 Å². The largest absolute Gasteiger partial charge is 0.477 e. The number of carbonyl (C=O) groups excluding carboxylic acids is 1. The number of oxazole rings is 1. The van der Waals surface area contributed by atoms with Crippen LogP contribution in [0.4, 0.5) is 0 Å². The summed E-state index contributed by atoms with van der Waals surface area (Å²) in [5, 5.41) is 11.5. The molecule has 2 aromatic heterocycles. The monoisotopic (exact) mass is 297 g/mol. The molecule has 0 fully saturated rings. The molecule has 0 aliphatic rings. The molecule has 0 atom stereocenters. The van der Waals surface area contributed by atoms with Crippen LogP contribution in [0.1, 0.15) is 20.8 Å². The van der Waals surface area contributed by atoms with Gasteiger partial charge in [0.05, 0.1) is 0 Å². The van der Waals surface area contributed by atoms with E-state index in [1.165, 1.54) is 12.3 Å². The van der Waals surface area contributed by atoms with Crippen LogP contribution in [-0.4, -0.2) is 34.0 Å². The Morgan fingerprint density at radius 2 is 2.05 bits per heavy atom. The number of carboxylic acids is 1. The molecule has 7 nitrogen and oxygen atoms in total. The van der Waals surface area contributed by atoms with E-state index in [0.29, 0.717) is 22.2 Å². The van der Waals surface area contributed by atoms with Crippen molar-refractivity contribution in [3.8, 4) is 11.5 Å². The van der Waals surface area contributed by atoms with E-state index in [2.05, 4.69) is 15.3 Å². The number of hydrogen-bond donors (Lipinski definition) is 2. The minimum Gasteiger partial charge on any atom is -0.477 e. The van der Waals surface area contributed by atoms with Gasteiger partial charge in [0.25, 0.3) is 5.91 Å². The van der Waals surface area contributed by atoms with E-state index in [-0.39, 0.29) is 17.5 Å². The Hall–Kier alpha value is -3.22. The maximum atomic E-state index is 11.6. The zero-order valence-corrected chi connectivity index (χ0v) is 11.5. The van der Waals surface area contributed by atoms with Crippen LogP contribution in [0.2, 0.25) is 0 Å². The number of benzene rings is 1. The van der Waals surface area contributed by atoms with E-state index in [9.17, 15) is 9.59 Å². The van der Waals surface area contributed by atoms with Gasteiger partial charge in [0.1, 0.15) is 11.2 Å². The van der Waals surface area contributed by atoms with Gasteiger partial charge in [0.2, 0.25) is 5.89 Å². The average Bonchev–Trinajstić information content (AvgIpc) is 2.97. The molecule has 1 amide bonds. The van der Waals surface area contributed by atoms with E-state index >= 15 is 0 Å². The molecule has 0 bridgehead atoms. The lowest BCUT2D eigenvalue weighted by Gasteiger charge is -1.97. The minimum absolute atomic E-state index is 0.0918. The first kappa shape index (κ1) is 13.7. The number of carbonyl (C=O) groups is 2. The first-order chi connectivity index (χ1) is 10.6. The van der Waals surface area contributed by atoms with Crippen LogP contribution in [0.15, 0.2) is 40.9 Å². The highest BCUT2D eigenvalue weighted by Crippen LogP contribution is 2.25. The molecule has 0 radical (unpaired) electrons. The second-order valence-corrected chi connectivity index (χ2v) is 4.52. The van der Waals surface area contributed by atoms with Crippen LogP contribution in [0, 0.1) is 0 Å². The molecule has 0 saturated heterocycles. The van der Waals surface area contributed by atoms with Gasteiger partial charge in [-0.2, -0.15) is 0 Å². The van der Waals surface area contributed by atoms with Gasteiger partial charge in [-0.15, -0.1) is 0 Å². The lowest BCUT2D eigenvalue weighted by Crippen LogP contribution is -2.17. The van der Waals surface area contributed by atoms with Crippen molar-refractivity contribution in [2.45, 2.75) is 0 Å². The standard InChI is InChI=1S/C15H11N3O4/c1-16-13(19)8-2-3-12-10(6-8)18-14(22-12)9-4-5-17-11(7-9)15(20)21/h2-7H,1H3,(H,16,19)(H,20,21). The predicted octanol–water partition coefficient (Wildman–Crippen LogP) is 1.95. The van der Waals surface area contributed by atoms with Gasteiger partial charge in [0, 0.05) is 24.4 Å². The maximum Gasteiger partial charge on any atom is 0.354 e. The minimum atomic E-state index is -1.13. The summed E-state index contributed by atoms with van der Waals surface area (Å²) in [5.41, 5.74) is 1.91. The molecule has 0 aliphatic carbocycles. The lowest BCUT2D eigenvalue weighted by atomic mass is 10.2. The van der Waals surface area contributed by atoms with E-state index in [0.717, 1.165) is 0 Å². The third-order valence-corrected chi connectivity index (χ3v) is 3.10. The zero-order chi connectivity index (χ0) is 15.7. The molecule has 1 aromatic carbocycles. The van der Waals surface area contributed by atoms with Crippen LogP contribution in [0.3, 0.4) is 0 Å². The summed E-state index contributed by atoms with van der Waals surface area (Å²) in [4.78, 5) is 30.6. The number of amides is 1. The highest BCUT2D eigenvalue weighted by Gasteiger charge is 2.13. The van der Waals surface area contributed by atoms with Gasteiger partial charge in [-0.1, -0.05) is 0 Å². The smallest absolute Gasteiger partial charge is 0.354 e. The fourth-order valence-electron chi connectivity index (χ4n) is 2.02. The van der Waals surface area contributed by atoms with Crippen LogP contribution < -0.4 is 5.32 Å². The Balaban J connectivity index is 2.07. The number of nitrogens with zero attached hydrogens (tertiary/aromatic N) is 2. The molecular formula is C15H11N3O4. The summed E-state index contributed by atoms with van der Waals surface area (Å²) in [6.07, 6.45) is 1.38. The van der Waals surface area contributed by atoms with Crippen molar-refractivity contribution in [3.05, 3.63) is 47.8 Å². The van der Waals surface area contributed by atoms with Crippen molar-refractivity contribution in [2.75, 3.05) is 7.05 Å². The van der Waals surface area contributed by atoms with Crippen LogP contribution in [0.5, 0.6) is 0 Å². The number of fused-ring (bicyclic) bond motifs is 1. The Kier molecular flexibility index (Phi) is 3.30. The topological polar surface area (TPSA) is 105 Å². The summed E-state index contributed by atoms with van der Waals surface area (Å²) >= 11 is 0. The Morgan fingerprint density at radius 1 is 1.23 bits per heavy atom. The summed E-state index contributed by atoms with van der Waals surface area (Å²) < 4.78 is 5.59. The summed E-state index contributed by atoms with van der Waals surface area (Å²) in [5.74, 6) is -1.07. The third kappa shape index (κ3) is 2.39. The molecule has 2 heterocycles. The maximum absolute atomic E-state index is 11.6. The molecule has 7 heteroatoms. The number of aromatic nitrogens is 2. The quantitative estimate of drug-likeness (QED) is 0.765. The predicted molar refractivity (Wildman–Crippen MR) is 77.6 cm³/mol. The molecule has 0 saturated carbocycles. The van der Waals surface area contributed by atoms with Crippen molar-refractivity contribution in [1.29, 1.82) is 0 Å². The summed E-state index contributed by atoms with van der Waals surface area (Å²) in [6.45, 7) is 0. The molecule has 22 heavy (non-hydrogen) atoms. The van der Waals surface area contributed by atoms with Crippen molar-refractivity contribution in [2.24, 2.45) is 0 Å². The van der Waals surface area contributed by atoms with Gasteiger partial charge in [-0.3, -0.25) is 4.79 Å². The van der Waals surface area contributed by atoms with Crippen molar-refractivity contribution >= 4 is 23.0 Å². The molecular weight excluding hydrogens is 286 g/mol. The molecule has 0 spiro atoms. The second-order valence-electron chi connectivity index (χ2n) is 4.52. The SMILES string of the molecule is CNC(=O)c1ccc2oc(-c3ccnc(C(=O)O)c3)nc2c1. The second kappa shape index (κ2) is 5.28. The number of hydrogen-bond acceptors (Lipinski definition) is 5. The van der Waals surface area contributed by atoms with Crippen molar-refractivity contribution < 1.29 is 19.1 Å². The van der Waals surface area contributed by atoms with Crippen LogP contribution >= 0.6 is 0 Å². The number of pyridine rings is 1. The molecule has 110 valence electrons. The van der Waals surface area contributed by atoms with Gasteiger partial charge in [0.15, 0.2) is 5.58 Å². The molecule has 3 aromatic rings. The number of nitrogens with one attached hydrogen (secondary N) is 1. The van der Waals surface area contributed by atoms with Gasteiger partial charge in [-0.05, 0) is 30.3 Å². The Morgan fingerprint density at radius 3 is 2.77 bits per heavy atom. The molecule has 3 rings (SSSR count). The Labute approximate surface area is 124 Å². The van der Waals surface area contributed by atoms with Crippen LogP contribution in [-0.2, 0) is 0 Å². The highest BCUT2D eigenvalue weighted by molar-refractivity contribution is 5.97. The first-order valence-electron chi connectivity index (χ1n) is 6.41. The van der Waals surface area contributed by atoms with Crippen molar-refractivity contribution in [1.82, 2.24) is 15.3 Å². The third-order valence-electron chi connectivity index (χ3n) is 3.10. The first-order valence-corrected chi connectivity index (χ1v) is 6.41. The van der Waals surface area contributed by atoms with E-state index in [1.54, 1.807) is 31.3 Å². The zero-order valence-electron chi connectivity index (χ0n) is 11.5. The normalized spacial score (nSPS) is 10.6. The van der Waals surface area contributed by atoms with E-state index in [1.807, 2.05) is 0 Å². The Bertz CT molecular complexity index is 885. The molecule has 0 unspecified atom stereocenters. The van der Waals surface area contributed by atoms with Gasteiger partial charge >= 0.3 is 5.97 Å². The number of rotatable bonds is 3. The average molecular weight is 297 g/mol. The summed E-state index contributed by atoms with van der Waals surface area (Å²) in [7, 11) is 1.55. The fraction of sp³-hybridized carbons (Fsp3) is 0.0667. The number of carboxylic acid groups (broad SMARTS) is 1. The van der Waals surface area contributed by atoms with E-state index in [4.69, 9.17) is 9.52 Å². The molecule has 2 N–H and O–H groups in total. The van der Waals surface area contributed by atoms with Crippen molar-refractivity contribution in [3.63, 3.8) is 0 Å². The van der Waals surface area contributed by atoms with Crippen LogP contribution in [0.25, 0.3) is 22.6 Å². The van der Waals surface area contributed by atoms with Gasteiger partial charge in [-0.25, -0.2) is 14.8 Å². The van der Waals surface area contributed by atoms with E-state index < -0.39 is 5.97 Å². The molecule has 0 aliphatic heterocycles. The number of aromatic carboxylic acids is 1. The lowest BCUT2D eigenvalue weighted by molar-refractivity contribution is 0.0690. The highest BCUT2D eigenvalue weighted by atomic mass is 16.4. The summed E-state index contributed by atoms with van der Waals surface area (Å²) in [6, 6.07) is 7.88. The fourth-order valence-corrected chi connectivity index (χ4v) is 2.02.